The summed E-state index contributed by atoms with van der Waals surface area (Å²) in [7, 11) is 1.58. The molecule has 22 heavy (non-hydrogen) atoms. The van der Waals surface area contributed by atoms with Crippen molar-refractivity contribution in [2.45, 2.75) is 31.7 Å². The zero-order valence-electron chi connectivity index (χ0n) is 13.1. The summed E-state index contributed by atoms with van der Waals surface area (Å²) >= 11 is 0. The predicted octanol–water partition coefficient (Wildman–Crippen LogP) is 2.18. The first-order valence-corrected chi connectivity index (χ1v) is 7.84. The fourth-order valence-electron chi connectivity index (χ4n) is 2.97. The minimum absolute atomic E-state index is 0.267. The third-order valence-electron chi connectivity index (χ3n) is 4.12. The maximum absolute atomic E-state index is 8.96. The van der Waals surface area contributed by atoms with E-state index in [9.17, 15) is 0 Å². The topological polar surface area (TPSA) is 65.7 Å². The van der Waals surface area contributed by atoms with Crippen LogP contribution in [0.2, 0.25) is 0 Å². The zero-order valence-corrected chi connectivity index (χ0v) is 13.1. The van der Waals surface area contributed by atoms with Gasteiger partial charge in [0.15, 0.2) is 11.5 Å². The second-order valence-electron chi connectivity index (χ2n) is 5.52. The molecule has 0 unspecified atom stereocenters. The first kappa shape index (κ1) is 16.6. The van der Waals surface area contributed by atoms with E-state index in [1.54, 1.807) is 25.3 Å². The average Bonchev–Trinajstić information content (AvgIpc) is 3.00. The maximum atomic E-state index is 8.96. The third-order valence-corrected chi connectivity index (χ3v) is 4.12. The zero-order chi connectivity index (χ0) is 15.8. The van der Waals surface area contributed by atoms with Gasteiger partial charge in [0, 0.05) is 25.3 Å². The Morgan fingerprint density at radius 3 is 3.00 bits per heavy atom. The van der Waals surface area contributed by atoms with Crippen molar-refractivity contribution in [3.63, 3.8) is 0 Å². The highest BCUT2D eigenvalue weighted by Crippen LogP contribution is 2.28. The summed E-state index contributed by atoms with van der Waals surface area (Å²) in [4.78, 5) is 2.44. The molecule has 2 rings (SSSR count). The van der Waals surface area contributed by atoms with Crippen LogP contribution in [0.3, 0.4) is 0 Å². The number of ether oxygens (including phenoxy) is 2. The quantitative estimate of drug-likeness (QED) is 0.797. The minimum atomic E-state index is 0.267. The number of likely N-dealkylation sites (tertiary alicyclic amines) is 1. The van der Waals surface area contributed by atoms with Gasteiger partial charge in [0.1, 0.15) is 6.61 Å². The molecule has 1 atom stereocenters. The number of aliphatic hydroxyl groups excluding tert-OH is 1. The van der Waals surface area contributed by atoms with Crippen LogP contribution in [0.5, 0.6) is 11.5 Å². The number of rotatable bonds is 8. The van der Waals surface area contributed by atoms with Gasteiger partial charge in [-0.15, -0.1) is 0 Å². The van der Waals surface area contributed by atoms with Crippen LogP contribution in [0, 0.1) is 11.3 Å². The van der Waals surface area contributed by atoms with Crippen molar-refractivity contribution in [2.24, 2.45) is 0 Å². The van der Waals surface area contributed by atoms with Crippen LogP contribution in [-0.2, 0) is 0 Å². The van der Waals surface area contributed by atoms with Gasteiger partial charge in [0.2, 0.25) is 0 Å². The first-order valence-electron chi connectivity index (χ1n) is 7.84. The van der Waals surface area contributed by atoms with Crippen molar-refractivity contribution < 1.29 is 14.6 Å². The number of aliphatic hydroxyl groups is 1. The highest BCUT2D eigenvalue weighted by Gasteiger charge is 2.23. The molecule has 1 aromatic carbocycles. The largest absolute Gasteiger partial charge is 0.493 e. The molecule has 0 bridgehead atoms. The lowest BCUT2D eigenvalue weighted by molar-refractivity contribution is 0.178. The number of nitriles is 1. The number of hydrogen-bond acceptors (Lipinski definition) is 5. The Bertz CT molecular complexity index is 513. The maximum Gasteiger partial charge on any atom is 0.162 e. The van der Waals surface area contributed by atoms with Gasteiger partial charge >= 0.3 is 0 Å². The molecular weight excluding hydrogens is 280 g/mol. The van der Waals surface area contributed by atoms with Gasteiger partial charge in [-0.3, -0.25) is 4.90 Å². The molecule has 0 aliphatic carbocycles. The summed E-state index contributed by atoms with van der Waals surface area (Å²) in [6.07, 6.45) is 4.35. The van der Waals surface area contributed by atoms with E-state index in [2.05, 4.69) is 11.0 Å². The Labute approximate surface area is 132 Å². The number of nitrogens with zero attached hydrogens (tertiary/aromatic N) is 2. The van der Waals surface area contributed by atoms with Gasteiger partial charge in [0.25, 0.3) is 0 Å². The van der Waals surface area contributed by atoms with Crippen LogP contribution in [0.4, 0.5) is 0 Å². The Morgan fingerprint density at radius 1 is 1.41 bits per heavy atom. The van der Waals surface area contributed by atoms with E-state index in [-0.39, 0.29) is 6.61 Å². The van der Waals surface area contributed by atoms with Crippen LogP contribution in [0.15, 0.2) is 18.2 Å². The van der Waals surface area contributed by atoms with Gasteiger partial charge in [-0.25, -0.2) is 0 Å². The highest BCUT2D eigenvalue weighted by molar-refractivity contribution is 5.46. The SMILES string of the molecule is COc1cc(C#N)ccc1OCCN1CCC[C@H]1CCCO. The number of hydrogen-bond donors (Lipinski definition) is 1. The lowest BCUT2D eigenvalue weighted by atomic mass is 10.1. The van der Waals surface area contributed by atoms with E-state index >= 15 is 0 Å². The molecule has 1 aromatic rings. The molecule has 5 nitrogen and oxygen atoms in total. The monoisotopic (exact) mass is 304 g/mol. The molecule has 0 spiro atoms. The smallest absolute Gasteiger partial charge is 0.162 e. The van der Waals surface area contributed by atoms with Crippen LogP contribution in [0.1, 0.15) is 31.2 Å². The van der Waals surface area contributed by atoms with Gasteiger partial charge in [0.05, 0.1) is 18.7 Å². The summed E-state index contributed by atoms with van der Waals surface area (Å²) in [5.41, 5.74) is 0.563. The van der Waals surface area contributed by atoms with E-state index < -0.39 is 0 Å². The van der Waals surface area contributed by atoms with Crippen molar-refractivity contribution in [1.29, 1.82) is 5.26 Å². The molecule has 1 aliphatic rings. The van der Waals surface area contributed by atoms with E-state index in [0.717, 1.165) is 25.9 Å². The van der Waals surface area contributed by atoms with E-state index in [0.29, 0.717) is 29.7 Å². The fourth-order valence-corrected chi connectivity index (χ4v) is 2.97. The molecule has 1 fully saturated rings. The second kappa shape index (κ2) is 8.62. The first-order chi connectivity index (χ1) is 10.8. The fraction of sp³-hybridized carbons (Fsp3) is 0.588. The Hall–Kier alpha value is -1.77. The van der Waals surface area contributed by atoms with Crippen molar-refractivity contribution >= 4 is 0 Å². The molecule has 1 N–H and O–H groups in total. The molecule has 1 aliphatic heterocycles. The molecule has 1 heterocycles. The predicted molar refractivity (Wildman–Crippen MR) is 84.1 cm³/mol. The summed E-state index contributed by atoms with van der Waals surface area (Å²) in [5, 5.41) is 17.9. The van der Waals surface area contributed by atoms with Crippen LogP contribution in [0.25, 0.3) is 0 Å². The van der Waals surface area contributed by atoms with Gasteiger partial charge < -0.3 is 14.6 Å². The van der Waals surface area contributed by atoms with Gasteiger partial charge in [-0.2, -0.15) is 5.26 Å². The summed E-state index contributed by atoms with van der Waals surface area (Å²) in [5.74, 6) is 1.27. The van der Waals surface area contributed by atoms with E-state index in [4.69, 9.17) is 19.8 Å². The van der Waals surface area contributed by atoms with Gasteiger partial charge in [-0.1, -0.05) is 0 Å². The van der Waals surface area contributed by atoms with Crippen LogP contribution >= 0.6 is 0 Å². The summed E-state index contributed by atoms with van der Waals surface area (Å²) in [6.45, 7) is 2.84. The normalized spacial score (nSPS) is 18.1. The third kappa shape index (κ3) is 4.36. The van der Waals surface area contributed by atoms with E-state index in [1.165, 1.54) is 12.8 Å². The highest BCUT2D eigenvalue weighted by atomic mass is 16.5. The average molecular weight is 304 g/mol. The Balaban J connectivity index is 1.84. The molecule has 0 aromatic heterocycles. The van der Waals surface area contributed by atoms with Crippen molar-refractivity contribution in [2.75, 3.05) is 33.4 Å². The van der Waals surface area contributed by atoms with Crippen LogP contribution in [-0.4, -0.2) is 49.5 Å². The summed E-state index contributed by atoms with van der Waals surface area (Å²) in [6, 6.07) is 7.87. The second-order valence-corrected chi connectivity index (χ2v) is 5.52. The summed E-state index contributed by atoms with van der Waals surface area (Å²) < 4.78 is 11.1. The van der Waals surface area contributed by atoms with Crippen LogP contribution < -0.4 is 9.47 Å². The molecule has 120 valence electrons. The minimum Gasteiger partial charge on any atom is -0.493 e. The van der Waals surface area contributed by atoms with Crippen molar-refractivity contribution in [1.82, 2.24) is 4.90 Å². The Morgan fingerprint density at radius 2 is 2.27 bits per heavy atom. The molecule has 0 amide bonds. The van der Waals surface area contributed by atoms with Crippen molar-refractivity contribution in [3.05, 3.63) is 23.8 Å². The van der Waals surface area contributed by atoms with E-state index in [1.807, 2.05) is 0 Å². The number of benzene rings is 1. The molecule has 5 heteroatoms. The van der Waals surface area contributed by atoms with Crippen molar-refractivity contribution in [3.8, 4) is 17.6 Å². The molecular formula is C17H24N2O3. The lowest BCUT2D eigenvalue weighted by Gasteiger charge is -2.24. The Kier molecular flexibility index (Phi) is 6.50. The van der Waals surface area contributed by atoms with Gasteiger partial charge in [-0.05, 0) is 44.4 Å². The standard InChI is InChI=1S/C17H24N2O3/c1-21-17-12-14(13-18)6-7-16(17)22-11-9-19-8-2-4-15(19)5-3-10-20/h6-7,12,15,20H,2-5,8-11H2,1H3/t15-/m0/s1. The molecule has 1 saturated heterocycles. The number of methoxy groups -OCH3 is 1. The molecule has 0 radical (unpaired) electrons. The molecule has 0 saturated carbocycles. The lowest BCUT2D eigenvalue weighted by Crippen LogP contribution is -2.33.